The molecule has 4 aliphatic rings. The summed E-state index contributed by atoms with van der Waals surface area (Å²) >= 11 is 0. The number of nitrogens with zero attached hydrogens (tertiary/aromatic N) is 1. The number of ether oxygens (including phenoxy) is 2. The summed E-state index contributed by atoms with van der Waals surface area (Å²) in [4.78, 5) is 1.55. The molecule has 116 valence electrons. The third kappa shape index (κ3) is 1.28. The molecule has 2 bridgehead atoms. The zero-order chi connectivity index (χ0) is 21.2. The van der Waals surface area contributed by atoms with Crippen LogP contribution in [0.1, 0.15) is 27.1 Å². The summed E-state index contributed by atoms with van der Waals surface area (Å²) in [5, 5.41) is 10.7. The van der Waals surface area contributed by atoms with Crippen LogP contribution in [0, 0.1) is 5.89 Å². The lowest BCUT2D eigenvalue weighted by Crippen LogP contribution is -2.64. The molecule has 2 heterocycles. The van der Waals surface area contributed by atoms with Gasteiger partial charge in [-0.1, -0.05) is 18.2 Å². The molecule has 5 atom stereocenters. The minimum Gasteiger partial charge on any atom is -0.493 e. The van der Waals surface area contributed by atoms with Crippen molar-refractivity contribution in [3.05, 3.63) is 35.4 Å². The molecular formula is C18H21NO3. The zero-order valence-corrected chi connectivity index (χ0v) is 12.1. The number of likely N-dealkylation sites (N-methyl/N-ethyl adjacent to an activating group) is 1. The molecule has 1 N–H and O–H groups in total. The minimum absolute atomic E-state index is 0.0541. The van der Waals surface area contributed by atoms with Crippen LogP contribution < -0.4 is 9.47 Å². The second-order valence-electron chi connectivity index (χ2n) is 6.34. The molecule has 22 heavy (non-hydrogen) atoms. The fourth-order valence-corrected chi connectivity index (χ4v) is 4.42. The van der Waals surface area contributed by atoms with Gasteiger partial charge in [0.15, 0.2) is 11.5 Å². The van der Waals surface area contributed by atoms with Crippen LogP contribution in [-0.2, 0) is 11.8 Å². The van der Waals surface area contributed by atoms with Gasteiger partial charge in [-0.3, -0.25) is 0 Å². The number of rotatable bonds is 1. The summed E-state index contributed by atoms with van der Waals surface area (Å²) in [6.45, 7) is 0.327. The molecule has 0 saturated carbocycles. The molecule has 0 aromatic heterocycles. The Kier molecular flexibility index (Phi) is 1.45. The zero-order valence-electron chi connectivity index (χ0n) is 19.1. The quantitative estimate of drug-likeness (QED) is 0.799. The molecule has 4 heteroatoms. The number of aliphatic hydroxyl groups is 1. The maximum Gasteiger partial charge on any atom is 0.165 e. The van der Waals surface area contributed by atoms with Crippen molar-refractivity contribution >= 4 is 0 Å². The van der Waals surface area contributed by atoms with Gasteiger partial charge in [0.05, 0.1) is 11.2 Å². The van der Waals surface area contributed by atoms with Crippen molar-refractivity contribution in [2.45, 2.75) is 36.4 Å². The molecule has 5 rings (SSSR count). The lowest BCUT2D eigenvalue weighted by atomic mass is 9.53. The smallest absolute Gasteiger partial charge is 0.165 e. The van der Waals surface area contributed by atoms with E-state index in [1.807, 2.05) is 0 Å². The van der Waals surface area contributed by atoms with Crippen LogP contribution in [0.15, 0.2) is 24.3 Å². The van der Waals surface area contributed by atoms with E-state index in [1.54, 1.807) is 11.9 Å². The first-order valence-corrected chi connectivity index (χ1v) is 7.43. The standard InChI is InChI=1S/C18H21NO3/c1-19-8-7-18-11-4-5-13(20)17(18)22-16-14(21-2)6-3-10(15(16)18)9-12(11)19/h3-6,11-13,17,20H,7-9H2,1-2H3/t11-,12+,13?,17?,18-/m0/s1/i2D3,9D2,11D,12D. The monoisotopic (exact) mass is 306 g/mol. The highest BCUT2D eigenvalue weighted by Gasteiger charge is 2.64. The number of likely N-dealkylation sites (tertiary alicyclic amines) is 1. The largest absolute Gasteiger partial charge is 0.493 e. The van der Waals surface area contributed by atoms with Crippen molar-refractivity contribution in [1.29, 1.82) is 0 Å². The van der Waals surface area contributed by atoms with Gasteiger partial charge in [-0.05, 0) is 38.0 Å². The third-order valence-electron chi connectivity index (χ3n) is 5.39. The molecule has 2 aliphatic heterocycles. The van der Waals surface area contributed by atoms with Crippen LogP contribution in [0.3, 0.4) is 0 Å². The van der Waals surface area contributed by atoms with E-state index in [2.05, 4.69) is 0 Å². The molecule has 1 spiro atoms. The summed E-state index contributed by atoms with van der Waals surface area (Å²) in [7, 11) is -1.11. The van der Waals surface area contributed by atoms with Gasteiger partial charge in [-0.25, -0.2) is 0 Å². The van der Waals surface area contributed by atoms with E-state index < -0.39 is 42.9 Å². The molecule has 1 aromatic rings. The Hall–Kier alpha value is -1.52. The Morgan fingerprint density at radius 3 is 3.32 bits per heavy atom. The topological polar surface area (TPSA) is 41.9 Å². The highest BCUT2D eigenvalue weighted by molar-refractivity contribution is 5.62. The summed E-state index contributed by atoms with van der Waals surface area (Å²) in [5.41, 5.74) is -0.664. The van der Waals surface area contributed by atoms with E-state index >= 15 is 0 Å². The van der Waals surface area contributed by atoms with Gasteiger partial charge in [0, 0.05) is 28.4 Å². The Morgan fingerprint density at radius 2 is 2.45 bits per heavy atom. The maximum atomic E-state index is 10.7. The van der Waals surface area contributed by atoms with E-state index in [0.29, 0.717) is 18.5 Å². The van der Waals surface area contributed by atoms with Gasteiger partial charge >= 0.3 is 0 Å². The van der Waals surface area contributed by atoms with Crippen LogP contribution in [0.2, 0.25) is 0 Å². The van der Waals surface area contributed by atoms with Crippen molar-refractivity contribution in [2.75, 3.05) is 20.6 Å². The van der Waals surface area contributed by atoms with E-state index in [1.165, 1.54) is 24.3 Å². The first-order valence-electron chi connectivity index (χ1n) is 10.9. The number of piperidine rings is 1. The number of aliphatic hydroxyl groups excluding tert-OH is 1. The van der Waals surface area contributed by atoms with Crippen LogP contribution >= 0.6 is 0 Å². The van der Waals surface area contributed by atoms with Crippen molar-refractivity contribution in [3.8, 4) is 11.5 Å². The van der Waals surface area contributed by atoms with E-state index in [9.17, 15) is 7.85 Å². The summed E-state index contributed by atoms with van der Waals surface area (Å²) < 4.78 is 69.9. The van der Waals surface area contributed by atoms with Crippen molar-refractivity contribution in [1.82, 2.24) is 4.90 Å². The fraction of sp³-hybridized carbons (Fsp3) is 0.556. The predicted molar refractivity (Wildman–Crippen MR) is 82.5 cm³/mol. The lowest BCUT2D eigenvalue weighted by molar-refractivity contribution is -0.0453. The number of hydrogen-bond donors (Lipinski definition) is 1. The molecule has 1 aromatic carbocycles. The van der Waals surface area contributed by atoms with Gasteiger partial charge < -0.3 is 19.5 Å². The third-order valence-corrected chi connectivity index (χ3v) is 5.39. The summed E-state index contributed by atoms with van der Waals surface area (Å²) in [5.74, 6) is -1.79. The van der Waals surface area contributed by atoms with Gasteiger partial charge in [0.25, 0.3) is 0 Å². The van der Waals surface area contributed by atoms with Gasteiger partial charge in [-0.15, -0.1) is 0 Å². The molecule has 1 saturated heterocycles. The van der Waals surface area contributed by atoms with Crippen molar-refractivity contribution < 1.29 is 24.2 Å². The molecule has 1 fully saturated rings. The predicted octanol–water partition coefficient (Wildman–Crippen LogP) is 1.50. The van der Waals surface area contributed by atoms with E-state index in [4.69, 9.17) is 16.3 Å². The van der Waals surface area contributed by atoms with Crippen molar-refractivity contribution in [2.24, 2.45) is 5.89 Å². The Bertz CT molecular complexity index is 950. The fourth-order valence-electron chi connectivity index (χ4n) is 4.42. The molecule has 2 unspecified atom stereocenters. The lowest BCUT2D eigenvalue weighted by Gasteiger charge is -2.56. The van der Waals surface area contributed by atoms with Crippen LogP contribution in [0.5, 0.6) is 11.5 Å². The van der Waals surface area contributed by atoms with Gasteiger partial charge in [-0.2, -0.15) is 0 Å². The highest BCUT2D eigenvalue weighted by atomic mass is 16.5. The molecule has 2 aliphatic carbocycles. The van der Waals surface area contributed by atoms with Crippen LogP contribution in [0.4, 0.5) is 0 Å². The Balaban J connectivity index is 1.89. The van der Waals surface area contributed by atoms with Crippen LogP contribution in [0.25, 0.3) is 0 Å². The first kappa shape index (κ1) is 7.84. The normalized spacial score (nSPS) is 55.3. The molecule has 0 radical (unpaired) electrons. The number of methoxy groups -OCH3 is 1. The van der Waals surface area contributed by atoms with Crippen LogP contribution in [-0.4, -0.2) is 48.9 Å². The minimum atomic E-state index is -2.74. The SMILES string of the molecule is [2H]C([2H])([2H])Oc1ccc2c3c1OC1C(O)C=C[C@]4([2H])[C@@]31CCN(C)[C@]4([2H])C2([2H])[2H]. The summed E-state index contributed by atoms with van der Waals surface area (Å²) in [6, 6.07) is 0.791. The molecule has 0 amide bonds. The van der Waals surface area contributed by atoms with E-state index in [0.717, 1.165) is 0 Å². The second kappa shape index (κ2) is 4.06. The first-order chi connectivity index (χ1) is 13.3. The average molecular weight is 306 g/mol. The maximum absolute atomic E-state index is 10.7. The van der Waals surface area contributed by atoms with Gasteiger partial charge in [0.2, 0.25) is 0 Å². The summed E-state index contributed by atoms with van der Waals surface area (Å²) in [6.07, 6.45) is -1.11. The molecule has 4 nitrogen and oxygen atoms in total. The second-order valence-corrected chi connectivity index (χ2v) is 6.34. The average Bonchev–Trinajstić information content (AvgIpc) is 2.97. The Morgan fingerprint density at radius 1 is 1.55 bits per heavy atom. The van der Waals surface area contributed by atoms with E-state index in [-0.39, 0.29) is 17.1 Å². The Labute approximate surface area is 140 Å². The van der Waals surface area contributed by atoms with Gasteiger partial charge in [0.1, 0.15) is 12.2 Å². The molecular weight excluding hydrogens is 278 g/mol. The number of hydrogen-bond acceptors (Lipinski definition) is 4. The number of benzene rings is 1. The van der Waals surface area contributed by atoms with Crippen molar-refractivity contribution in [3.63, 3.8) is 0 Å². The highest BCUT2D eigenvalue weighted by Crippen LogP contribution is 2.62.